The van der Waals surface area contributed by atoms with E-state index in [0.29, 0.717) is 18.8 Å². The van der Waals surface area contributed by atoms with E-state index in [1.54, 1.807) is 6.07 Å². The van der Waals surface area contributed by atoms with E-state index in [-0.39, 0.29) is 11.7 Å². The van der Waals surface area contributed by atoms with Crippen LogP contribution in [0.15, 0.2) is 18.2 Å². The standard InChI is InChI=1S/C15H19FN2O2S/c1-15(2,3)21(19)18-13(9-17)11-6-7-20-14-8-10(16)4-5-12(11)14/h4-5,8,11,13,18H,6-7H2,1-3H3/t11-,13+,21-/m0/s1. The molecular formula is C15H19FN2O2S. The number of benzene rings is 1. The number of hydrogen-bond donors (Lipinski definition) is 1. The highest BCUT2D eigenvalue weighted by Crippen LogP contribution is 2.36. The van der Waals surface area contributed by atoms with Gasteiger partial charge in [-0.1, -0.05) is 6.07 Å². The van der Waals surface area contributed by atoms with Gasteiger partial charge in [-0.2, -0.15) is 5.26 Å². The van der Waals surface area contributed by atoms with Gasteiger partial charge in [0.15, 0.2) is 0 Å². The summed E-state index contributed by atoms with van der Waals surface area (Å²) < 4.78 is 33.4. The molecule has 2 rings (SSSR count). The third-order valence-corrected chi connectivity index (χ3v) is 4.97. The number of halogens is 1. The van der Waals surface area contributed by atoms with Crippen molar-refractivity contribution >= 4 is 11.0 Å². The van der Waals surface area contributed by atoms with Crippen molar-refractivity contribution in [3.8, 4) is 11.8 Å². The van der Waals surface area contributed by atoms with Crippen molar-refractivity contribution in [3.05, 3.63) is 29.6 Å². The summed E-state index contributed by atoms with van der Waals surface area (Å²) in [5.41, 5.74) is 0.785. The second kappa shape index (κ2) is 6.12. The van der Waals surface area contributed by atoms with Crippen LogP contribution < -0.4 is 9.46 Å². The third-order valence-electron chi connectivity index (χ3n) is 3.39. The summed E-state index contributed by atoms with van der Waals surface area (Å²) in [5, 5.41) is 9.41. The molecule has 21 heavy (non-hydrogen) atoms. The van der Waals surface area contributed by atoms with Crippen molar-refractivity contribution in [1.82, 2.24) is 4.72 Å². The summed E-state index contributed by atoms with van der Waals surface area (Å²) in [7, 11) is -1.34. The summed E-state index contributed by atoms with van der Waals surface area (Å²) in [6.45, 7) is 5.96. The van der Waals surface area contributed by atoms with E-state index in [4.69, 9.17) is 4.74 Å². The molecule has 1 aromatic rings. The number of fused-ring (bicyclic) bond motifs is 1. The van der Waals surface area contributed by atoms with Crippen LogP contribution in [0.1, 0.15) is 38.7 Å². The monoisotopic (exact) mass is 310 g/mol. The minimum Gasteiger partial charge on any atom is -0.493 e. The molecule has 6 heteroatoms. The van der Waals surface area contributed by atoms with Gasteiger partial charge in [-0.3, -0.25) is 0 Å². The number of nitrogens with one attached hydrogen (secondary N) is 1. The van der Waals surface area contributed by atoms with Crippen molar-refractivity contribution in [2.24, 2.45) is 0 Å². The Hall–Kier alpha value is -1.45. The fraction of sp³-hybridized carbons (Fsp3) is 0.533. The minimum absolute atomic E-state index is 0.161. The average molecular weight is 310 g/mol. The summed E-state index contributed by atoms with van der Waals surface area (Å²) >= 11 is 0. The maximum absolute atomic E-state index is 13.3. The lowest BCUT2D eigenvalue weighted by atomic mass is 9.87. The first-order valence-corrected chi connectivity index (χ1v) is 7.98. The molecule has 0 radical (unpaired) electrons. The Balaban J connectivity index is 2.25. The zero-order valence-electron chi connectivity index (χ0n) is 12.4. The topological polar surface area (TPSA) is 62.1 Å². The van der Waals surface area contributed by atoms with Crippen molar-refractivity contribution < 1.29 is 13.3 Å². The molecule has 0 fully saturated rings. The molecule has 3 atom stereocenters. The Bertz CT molecular complexity index is 592. The molecule has 0 bridgehead atoms. The summed E-state index contributed by atoms with van der Waals surface area (Å²) in [6.07, 6.45) is 0.630. The number of nitrogens with zero attached hydrogens (tertiary/aromatic N) is 1. The van der Waals surface area contributed by atoms with Gasteiger partial charge in [-0.15, -0.1) is 0 Å². The van der Waals surface area contributed by atoms with Crippen LogP contribution in [-0.4, -0.2) is 21.6 Å². The normalized spacial score (nSPS) is 20.8. The molecule has 114 valence electrons. The molecule has 0 aromatic heterocycles. The summed E-state index contributed by atoms with van der Waals surface area (Å²) in [6, 6.07) is 5.90. The van der Waals surface area contributed by atoms with Crippen molar-refractivity contribution in [2.75, 3.05) is 6.61 Å². The van der Waals surface area contributed by atoms with Gasteiger partial charge >= 0.3 is 0 Å². The SMILES string of the molecule is CC(C)(C)[S@](=O)N[C@H](C#N)[C@H]1CCOc2cc(F)ccc21. The van der Waals surface area contributed by atoms with Crippen molar-refractivity contribution in [1.29, 1.82) is 5.26 Å². The molecule has 0 unspecified atom stereocenters. The quantitative estimate of drug-likeness (QED) is 0.933. The number of hydrogen-bond acceptors (Lipinski definition) is 3. The maximum atomic E-state index is 13.3. The molecule has 4 nitrogen and oxygen atoms in total. The van der Waals surface area contributed by atoms with Crippen molar-refractivity contribution in [2.45, 2.75) is 43.9 Å². The maximum Gasteiger partial charge on any atom is 0.126 e. The van der Waals surface area contributed by atoms with Gasteiger partial charge in [0.1, 0.15) is 17.6 Å². The first-order valence-electron chi connectivity index (χ1n) is 6.83. The molecule has 0 saturated carbocycles. The van der Waals surface area contributed by atoms with Gasteiger partial charge in [0, 0.05) is 17.5 Å². The van der Waals surface area contributed by atoms with Crippen LogP contribution in [0.3, 0.4) is 0 Å². The number of rotatable bonds is 3. The zero-order chi connectivity index (χ0) is 15.6. The molecule has 1 aliphatic rings. The molecule has 0 spiro atoms. The summed E-state index contributed by atoms with van der Waals surface area (Å²) in [4.78, 5) is 0. The second-order valence-corrected chi connectivity index (χ2v) is 8.03. The Morgan fingerprint density at radius 3 is 2.86 bits per heavy atom. The molecule has 1 N–H and O–H groups in total. The summed E-state index contributed by atoms with van der Waals surface area (Å²) in [5.74, 6) is -0.0605. The fourth-order valence-electron chi connectivity index (χ4n) is 2.23. The first kappa shape index (κ1) is 15.9. The van der Waals surface area contributed by atoms with Crippen LogP contribution in [0, 0.1) is 17.1 Å². The van der Waals surface area contributed by atoms with Gasteiger partial charge < -0.3 is 4.74 Å². The van der Waals surface area contributed by atoms with E-state index in [9.17, 15) is 13.9 Å². The zero-order valence-corrected chi connectivity index (χ0v) is 13.2. The Morgan fingerprint density at radius 1 is 1.52 bits per heavy atom. The van der Waals surface area contributed by atoms with Crippen LogP contribution >= 0.6 is 0 Å². The molecule has 1 aromatic carbocycles. The molecular weight excluding hydrogens is 291 g/mol. The van der Waals surface area contributed by atoms with Gasteiger partial charge in [0.25, 0.3) is 0 Å². The van der Waals surface area contributed by atoms with E-state index in [1.165, 1.54) is 12.1 Å². The highest BCUT2D eigenvalue weighted by atomic mass is 32.2. The van der Waals surface area contributed by atoms with Gasteiger partial charge in [0.2, 0.25) is 0 Å². The molecule has 1 aliphatic heterocycles. The van der Waals surface area contributed by atoms with E-state index < -0.39 is 21.8 Å². The predicted molar refractivity (Wildman–Crippen MR) is 79.7 cm³/mol. The van der Waals surface area contributed by atoms with Gasteiger partial charge in [-0.05, 0) is 33.3 Å². The van der Waals surface area contributed by atoms with E-state index in [1.807, 2.05) is 20.8 Å². The largest absolute Gasteiger partial charge is 0.493 e. The van der Waals surface area contributed by atoms with Gasteiger partial charge in [-0.25, -0.2) is 13.3 Å². The number of nitriles is 1. The number of ether oxygens (including phenoxy) is 1. The minimum atomic E-state index is -1.34. The lowest BCUT2D eigenvalue weighted by Gasteiger charge is -2.30. The highest BCUT2D eigenvalue weighted by Gasteiger charge is 2.32. The lowest BCUT2D eigenvalue weighted by molar-refractivity contribution is 0.259. The highest BCUT2D eigenvalue weighted by molar-refractivity contribution is 7.84. The Kier molecular flexibility index (Phi) is 4.64. The van der Waals surface area contributed by atoms with Crippen LogP contribution in [0.25, 0.3) is 0 Å². The first-order chi connectivity index (χ1) is 9.82. The van der Waals surface area contributed by atoms with E-state index >= 15 is 0 Å². The molecule has 0 saturated heterocycles. The smallest absolute Gasteiger partial charge is 0.126 e. The Morgan fingerprint density at radius 2 is 2.24 bits per heavy atom. The average Bonchev–Trinajstić information content (AvgIpc) is 2.42. The molecule has 1 heterocycles. The molecule has 0 aliphatic carbocycles. The van der Waals surface area contributed by atoms with Crippen LogP contribution in [0.2, 0.25) is 0 Å². The third kappa shape index (κ3) is 3.60. The molecule has 0 amide bonds. The van der Waals surface area contributed by atoms with Crippen LogP contribution in [-0.2, 0) is 11.0 Å². The van der Waals surface area contributed by atoms with E-state index in [0.717, 1.165) is 5.56 Å². The lowest BCUT2D eigenvalue weighted by Crippen LogP contribution is -2.43. The fourth-order valence-corrected chi connectivity index (χ4v) is 3.03. The predicted octanol–water partition coefficient (Wildman–Crippen LogP) is 2.64. The van der Waals surface area contributed by atoms with Crippen LogP contribution in [0.4, 0.5) is 4.39 Å². The van der Waals surface area contributed by atoms with Crippen LogP contribution in [0.5, 0.6) is 5.75 Å². The van der Waals surface area contributed by atoms with E-state index in [2.05, 4.69) is 10.8 Å². The second-order valence-electron chi connectivity index (χ2n) is 6.03. The van der Waals surface area contributed by atoms with Gasteiger partial charge in [0.05, 0.1) is 28.4 Å². The Labute approximate surface area is 126 Å². The van der Waals surface area contributed by atoms with Crippen molar-refractivity contribution in [3.63, 3.8) is 0 Å².